The Morgan fingerprint density at radius 1 is 1.24 bits per heavy atom. The van der Waals surface area contributed by atoms with Crippen LogP contribution < -0.4 is 15.0 Å². The summed E-state index contributed by atoms with van der Waals surface area (Å²) in [4.78, 5) is 19.5. The van der Waals surface area contributed by atoms with Crippen LogP contribution in [0.1, 0.15) is 10.4 Å². The van der Waals surface area contributed by atoms with Gasteiger partial charge in [-0.3, -0.25) is 10.1 Å². The average molecular weight is 430 g/mol. The molecule has 1 aliphatic rings. The lowest BCUT2D eigenvalue weighted by molar-refractivity contribution is 0.102. The number of nitrogens with one attached hydrogen (secondary N) is 1. The van der Waals surface area contributed by atoms with E-state index in [1.807, 2.05) is 41.8 Å². The average Bonchev–Trinajstić information content (AvgIpc) is 3.22. The summed E-state index contributed by atoms with van der Waals surface area (Å²) in [6, 6.07) is 13.1. The second-order valence-corrected chi connectivity index (χ2v) is 7.72. The molecule has 1 aromatic heterocycles. The lowest BCUT2D eigenvalue weighted by Gasteiger charge is -2.29. The molecule has 0 aliphatic carbocycles. The SMILES string of the molecule is COc1cc(N2CCOCC2)ccc1C(=O)Nc1nc(-c2ccccc2Cl)cs1. The number of nitrogens with zero attached hydrogens (tertiary/aromatic N) is 2. The zero-order valence-electron chi connectivity index (χ0n) is 15.9. The van der Waals surface area contributed by atoms with Crippen molar-refractivity contribution in [3.8, 4) is 17.0 Å². The second-order valence-electron chi connectivity index (χ2n) is 6.46. The maximum Gasteiger partial charge on any atom is 0.261 e. The molecule has 4 rings (SSSR count). The molecule has 2 heterocycles. The highest BCUT2D eigenvalue weighted by atomic mass is 35.5. The van der Waals surface area contributed by atoms with Gasteiger partial charge in [-0.05, 0) is 18.2 Å². The lowest BCUT2D eigenvalue weighted by Crippen LogP contribution is -2.36. The standard InChI is InChI=1S/C21H20ClN3O3S/c1-27-19-12-14(25-8-10-28-11-9-25)6-7-16(19)20(26)24-21-23-18(13-29-21)15-4-2-3-5-17(15)22/h2-7,12-13H,8-11H2,1H3,(H,23,24,26). The Hall–Kier alpha value is -2.61. The molecule has 0 radical (unpaired) electrons. The molecule has 1 saturated heterocycles. The zero-order valence-corrected chi connectivity index (χ0v) is 17.4. The molecule has 2 aromatic carbocycles. The highest BCUT2D eigenvalue weighted by Crippen LogP contribution is 2.31. The van der Waals surface area contributed by atoms with E-state index in [1.165, 1.54) is 11.3 Å². The Labute approximate surface area is 178 Å². The Bertz CT molecular complexity index is 1020. The van der Waals surface area contributed by atoms with Gasteiger partial charge in [-0.15, -0.1) is 11.3 Å². The van der Waals surface area contributed by atoms with Crippen LogP contribution >= 0.6 is 22.9 Å². The normalized spacial score (nSPS) is 13.9. The van der Waals surface area contributed by atoms with Crippen LogP contribution in [0.5, 0.6) is 5.75 Å². The van der Waals surface area contributed by atoms with Crippen molar-refractivity contribution in [2.75, 3.05) is 43.6 Å². The van der Waals surface area contributed by atoms with Crippen LogP contribution in [0.4, 0.5) is 10.8 Å². The van der Waals surface area contributed by atoms with Gasteiger partial charge in [-0.2, -0.15) is 0 Å². The largest absolute Gasteiger partial charge is 0.496 e. The van der Waals surface area contributed by atoms with E-state index in [0.29, 0.717) is 34.7 Å². The van der Waals surface area contributed by atoms with Gasteiger partial charge in [0.05, 0.1) is 31.6 Å². The monoisotopic (exact) mass is 429 g/mol. The van der Waals surface area contributed by atoms with Gasteiger partial charge in [-0.25, -0.2) is 4.98 Å². The maximum absolute atomic E-state index is 12.8. The molecule has 0 atom stereocenters. The van der Waals surface area contributed by atoms with Gasteiger partial charge >= 0.3 is 0 Å². The van der Waals surface area contributed by atoms with Crippen molar-refractivity contribution in [3.63, 3.8) is 0 Å². The molecule has 0 saturated carbocycles. The molecule has 6 nitrogen and oxygen atoms in total. The van der Waals surface area contributed by atoms with E-state index in [-0.39, 0.29) is 5.91 Å². The Balaban J connectivity index is 1.52. The number of hydrogen-bond donors (Lipinski definition) is 1. The molecule has 8 heteroatoms. The van der Waals surface area contributed by atoms with Crippen molar-refractivity contribution < 1.29 is 14.3 Å². The van der Waals surface area contributed by atoms with Crippen LogP contribution in [0, 0.1) is 0 Å². The first-order chi connectivity index (χ1) is 14.2. The number of hydrogen-bond acceptors (Lipinski definition) is 6. The van der Waals surface area contributed by atoms with E-state index >= 15 is 0 Å². The van der Waals surface area contributed by atoms with Crippen molar-refractivity contribution in [2.45, 2.75) is 0 Å². The van der Waals surface area contributed by atoms with Crippen molar-refractivity contribution in [2.24, 2.45) is 0 Å². The zero-order chi connectivity index (χ0) is 20.2. The molecular weight excluding hydrogens is 410 g/mol. The summed E-state index contributed by atoms with van der Waals surface area (Å²) in [5.74, 6) is 0.254. The number of rotatable bonds is 5. The summed E-state index contributed by atoms with van der Waals surface area (Å²) in [7, 11) is 1.56. The maximum atomic E-state index is 12.8. The third kappa shape index (κ3) is 4.37. The smallest absolute Gasteiger partial charge is 0.261 e. The van der Waals surface area contributed by atoms with E-state index in [2.05, 4.69) is 15.2 Å². The second kappa shape index (κ2) is 8.82. The first kappa shape index (κ1) is 19.7. The van der Waals surface area contributed by atoms with Crippen molar-refractivity contribution in [1.82, 2.24) is 4.98 Å². The van der Waals surface area contributed by atoms with Gasteiger partial charge in [0.1, 0.15) is 5.75 Å². The number of ether oxygens (including phenoxy) is 2. The predicted molar refractivity (Wildman–Crippen MR) is 117 cm³/mol. The van der Waals surface area contributed by atoms with E-state index in [0.717, 1.165) is 30.0 Å². The van der Waals surface area contributed by atoms with E-state index in [9.17, 15) is 4.79 Å². The number of morpholine rings is 1. The molecule has 1 aliphatic heterocycles. The third-order valence-electron chi connectivity index (χ3n) is 4.68. The van der Waals surface area contributed by atoms with E-state index in [4.69, 9.17) is 21.1 Å². The van der Waals surface area contributed by atoms with Crippen LogP contribution in [0.3, 0.4) is 0 Å². The summed E-state index contributed by atoms with van der Waals surface area (Å²) >= 11 is 7.59. The van der Waals surface area contributed by atoms with Gasteiger partial charge in [0, 0.05) is 40.8 Å². The third-order valence-corrected chi connectivity index (χ3v) is 5.77. The lowest BCUT2D eigenvalue weighted by atomic mass is 10.1. The van der Waals surface area contributed by atoms with Gasteiger partial charge in [0.25, 0.3) is 5.91 Å². The summed E-state index contributed by atoms with van der Waals surface area (Å²) < 4.78 is 10.9. The number of aromatic nitrogens is 1. The number of amides is 1. The molecule has 1 N–H and O–H groups in total. The minimum atomic E-state index is -0.268. The summed E-state index contributed by atoms with van der Waals surface area (Å²) in [5.41, 5.74) is 3.03. The molecule has 0 spiro atoms. The summed E-state index contributed by atoms with van der Waals surface area (Å²) in [6.45, 7) is 3.03. The van der Waals surface area contributed by atoms with Crippen molar-refractivity contribution >= 4 is 39.7 Å². The molecule has 0 bridgehead atoms. The number of anilines is 2. The van der Waals surface area contributed by atoms with Gasteiger partial charge in [0.2, 0.25) is 0 Å². The quantitative estimate of drug-likeness (QED) is 0.644. The predicted octanol–water partition coefficient (Wildman–Crippen LogP) is 4.56. The minimum absolute atomic E-state index is 0.268. The Morgan fingerprint density at radius 2 is 2.03 bits per heavy atom. The number of carbonyl (C=O) groups excluding carboxylic acids is 1. The molecule has 29 heavy (non-hydrogen) atoms. The van der Waals surface area contributed by atoms with Crippen molar-refractivity contribution in [1.29, 1.82) is 0 Å². The van der Waals surface area contributed by atoms with Crippen LogP contribution in [-0.2, 0) is 4.74 Å². The molecule has 1 fully saturated rings. The van der Waals surface area contributed by atoms with E-state index in [1.54, 1.807) is 13.2 Å². The summed E-state index contributed by atoms with van der Waals surface area (Å²) in [5, 5.41) is 5.85. The number of methoxy groups -OCH3 is 1. The van der Waals surface area contributed by atoms with Crippen molar-refractivity contribution in [3.05, 3.63) is 58.4 Å². The van der Waals surface area contributed by atoms with Crippen LogP contribution in [-0.4, -0.2) is 44.3 Å². The van der Waals surface area contributed by atoms with Crippen LogP contribution in [0.15, 0.2) is 47.8 Å². The Morgan fingerprint density at radius 3 is 2.79 bits per heavy atom. The molecular formula is C21H20ClN3O3S. The van der Waals surface area contributed by atoms with Gasteiger partial charge < -0.3 is 14.4 Å². The molecule has 150 valence electrons. The first-order valence-electron chi connectivity index (χ1n) is 9.18. The number of halogens is 1. The highest BCUT2D eigenvalue weighted by Gasteiger charge is 2.18. The Kier molecular flexibility index (Phi) is 5.99. The van der Waals surface area contributed by atoms with Crippen LogP contribution in [0.25, 0.3) is 11.3 Å². The highest BCUT2D eigenvalue weighted by molar-refractivity contribution is 7.14. The molecule has 1 amide bonds. The first-order valence-corrected chi connectivity index (χ1v) is 10.4. The fourth-order valence-electron chi connectivity index (χ4n) is 3.17. The topological polar surface area (TPSA) is 63.7 Å². The number of thiazole rings is 1. The fourth-order valence-corrected chi connectivity index (χ4v) is 4.11. The fraction of sp³-hybridized carbons (Fsp3) is 0.238. The number of carbonyl (C=O) groups is 1. The summed E-state index contributed by atoms with van der Waals surface area (Å²) in [6.07, 6.45) is 0. The molecule has 0 unspecified atom stereocenters. The van der Waals surface area contributed by atoms with Gasteiger partial charge in [0.15, 0.2) is 5.13 Å². The van der Waals surface area contributed by atoms with Gasteiger partial charge in [-0.1, -0.05) is 29.8 Å². The van der Waals surface area contributed by atoms with E-state index < -0.39 is 0 Å². The number of benzene rings is 2. The minimum Gasteiger partial charge on any atom is -0.496 e. The van der Waals surface area contributed by atoms with Crippen LogP contribution in [0.2, 0.25) is 5.02 Å². The molecule has 3 aromatic rings.